The fourth-order valence-corrected chi connectivity index (χ4v) is 1.84. The number of nitrogens with one attached hydrogen (secondary N) is 2. The fourth-order valence-electron chi connectivity index (χ4n) is 1.84. The Labute approximate surface area is 152 Å². The smallest absolute Gasteiger partial charge is 0.190 e. The predicted molar refractivity (Wildman–Crippen MR) is 105 cm³/mol. The lowest BCUT2D eigenvalue weighted by molar-refractivity contribution is 0.135. The predicted octanol–water partition coefficient (Wildman–Crippen LogP) is 3.07. The molecule has 5 heteroatoms. The first-order valence-electron chi connectivity index (χ1n) is 7.78. The second-order valence-corrected chi connectivity index (χ2v) is 5.48. The lowest BCUT2D eigenvalue weighted by Gasteiger charge is -2.13. The Bertz CT molecular complexity index is 396. The lowest BCUT2D eigenvalue weighted by atomic mass is 10.2. The molecule has 22 heavy (non-hydrogen) atoms. The number of benzene rings is 1. The number of nitrogens with zero attached hydrogens (tertiary/aromatic N) is 1. The molecule has 1 aromatic carbocycles. The number of rotatable bonds is 9. The van der Waals surface area contributed by atoms with Crippen LogP contribution < -0.4 is 10.6 Å². The first kappa shape index (κ1) is 21.2. The molecule has 0 spiro atoms. The molecule has 1 rings (SSSR count). The van der Waals surface area contributed by atoms with E-state index < -0.39 is 0 Å². The number of ether oxygens (including phenoxy) is 1. The molecule has 4 nitrogen and oxygen atoms in total. The van der Waals surface area contributed by atoms with Gasteiger partial charge in [-0.2, -0.15) is 0 Å². The van der Waals surface area contributed by atoms with Crippen molar-refractivity contribution >= 4 is 29.9 Å². The number of guanidine groups is 1. The number of halogens is 1. The molecule has 0 radical (unpaired) electrons. The SMILES string of the molecule is CN=C(NCCCOCCc1ccccc1)NCC(C)C.I. The number of aliphatic imine (C=N–C) groups is 1. The van der Waals surface area contributed by atoms with Crippen LogP contribution in [-0.4, -0.2) is 39.3 Å². The molecule has 0 saturated heterocycles. The van der Waals surface area contributed by atoms with Gasteiger partial charge in [-0.3, -0.25) is 4.99 Å². The largest absolute Gasteiger partial charge is 0.381 e. The molecule has 126 valence electrons. The minimum absolute atomic E-state index is 0. The number of hydrogen-bond acceptors (Lipinski definition) is 2. The zero-order valence-corrected chi connectivity index (χ0v) is 16.3. The maximum atomic E-state index is 5.65. The average molecular weight is 419 g/mol. The van der Waals surface area contributed by atoms with E-state index in [1.54, 1.807) is 7.05 Å². The molecule has 2 N–H and O–H groups in total. The Balaban J connectivity index is 0.00000441. The van der Waals surface area contributed by atoms with Crippen LogP contribution in [0.25, 0.3) is 0 Å². The van der Waals surface area contributed by atoms with Crippen LogP contribution in [0.1, 0.15) is 25.8 Å². The highest BCUT2D eigenvalue weighted by Gasteiger charge is 1.98. The highest BCUT2D eigenvalue weighted by atomic mass is 127. The topological polar surface area (TPSA) is 45.7 Å². The van der Waals surface area contributed by atoms with E-state index >= 15 is 0 Å². The van der Waals surface area contributed by atoms with Crippen LogP contribution in [0.4, 0.5) is 0 Å². The Kier molecular flexibility index (Phi) is 13.3. The van der Waals surface area contributed by atoms with Crippen molar-refractivity contribution < 1.29 is 4.74 Å². The highest BCUT2D eigenvalue weighted by molar-refractivity contribution is 14.0. The van der Waals surface area contributed by atoms with Crippen molar-refractivity contribution in [2.75, 3.05) is 33.4 Å². The molecular formula is C17H30IN3O. The lowest BCUT2D eigenvalue weighted by Crippen LogP contribution is -2.39. The Morgan fingerprint density at radius 1 is 1.14 bits per heavy atom. The Morgan fingerprint density at radius 2 is 1.86 bits per heavy atom. The first-order chi connectivity index (χ1) is 10.2. The van der Waals surface area contributed by atoms with E-state index in [2.05, 4.69) is 53.7 Å². The second kappa shape index (κ2) is 13.8. The summed E-state index contributed by atoms with van der Waals surface area (Å²) in [5, 5.41) is 6.58. The van der Waals surface area contributed by atoms with Crippen molar-refractivity contribution in [1.29, 1.82) is 0 Å². The first-order valence-corrected chi connectivity index (χ1v) is 7.78. The molecule has 0 unspecified atom stereocenters. The van der Waals surface area contributed by atoms with Gasteiger partial charge >= 0.3 is 0 Å². The molecule has 0 aromatic heterocycles. The molecule has 0 atom stereocenters. The van der Waals surface area contributed by atoms with Gasteiger partial charge in [-0.25, -0.2) is 0 Å². The average Bonchev–Trinajstić information content (AvgIpc) is 2.50. The maximum absolute atomic E-state index is 5.65. The zero-order chi connectivity index (χ0) is 15.3. The molecule has 0 heterocycles. The van der Waals surface area contributed by atoms with Gasteiger partial charge in [0.25, 0.3) is 0 Å². The molecule has 0 bridgehead atoms. The molecule has 0 amide bonds. The minimum atomic E-state index is 0. The van der Waals surface area contributed by atoms with Crippen molar-refractivity contribution in [2.24, 2.45) is 10.9 Å². The van der Waals surface area contributed by atoms with Crippen LogP contribution in [-0.2, 0) is 11.2 Å². The van der Waals surface area contributed by atoms with E-state index in [0.29, 0.717) is 5.92 Å². The summed E-state index contributed by atoms with van der Waals surface area (Å²) in [7, 11) is 1.80. The second-order valence-electron chi connectivity index (χ2n) is 5.48. The highest BCUT2D eigenvalue weighted by Crippen LogP contribution is 1.99. The summed E-state index contributed by atoms with van der Waals surface area (Å²) in [5.74, 6) is 1.48. The van der Waals surface area contributed by atoms with Crippen molar-refractivity contribution in [3.8, 4) is 0 Å². The van der Waals surface area contributed by atoms with E-state index in [-0.39, 0.29) is 24.0 Å². The van der Waals surface area contributed by atoms with Gasteiger partial charge in [0.05, 0.1) is 6.61 Å². The van der Waals surface area contributed by atoms with Crippen LogP contribution in [0.15, 0.2) is 35.3 Å². The van der Waals surface area contributed by atoms with Gasteiger partial charge in [0, 0.05) is 26.7 Å². The van der Waals surface area contributed by atoms with Gasteiger partial charge in [0.2, 0.25) is 0 Å². The summed E-state index contributed by atoms with van der Waals surface area (Å²) < 4.78 is 5.65. The van der Waals surface area contributed by atoms with Crippen molar-refractivity contribution in [2.45, 2.75) is 26.7 Å². The van der Waals surface area contributed by atoms with Gasteiger partial charge in [-0.05, 0) is 24.3 Å². The Morgan fingerprint density at radius 3 is 2.50 bits per heavy atom. The molecule has 0 fully saturated rings. The van der Waals surface area contributed by atoms with Crippen molar-refractivity contribution in [3.63, 3.8) is 0 Å². The summed E-state index contributed by atoms with van der Waals surface area (Å²) in [5.41, 5.74) is 1.33. The summed E-state index contributed by atoms with van der Waals surface area (Å²) >= 11 is 0. The third-order valence-corrected chi connectivity index (χ3v) is 3.04. The minimum Gasteiger partial charge on any atom is -0.381 e. The zero-order valence-electron chi connectivity index (χ0n) is 14.0. The molecule has 0 aliphatic heterocycles. The van der Waals surface area contributed by atoms with Crippen LogP contribution in [0, 0.1) is 5.92 Å². The van der Waals surface area contributed by atoms with Crippen LogP contribution in [0.3, 0.4) is 0 Å². The molecule has 0 aliphatic carbocycles. The normalized spacial score (nSPS) is 11.2. The fraction of sp³-hybridized carbons (Fsp3) is 0.588. The van der Waals surface area contributed by atoms with Gasteiger partial charge in [-0.15, -0.1) is 24.0 Å². The van der Waals surface area contributed by atoms with E-state index in [1.807, 2.05) is 6.07 Å². The summed E-state index contributed by atoms with van der Waals surface area (Å²) in [6, 6.07) is 10.4. The number of hydrogen-bond donors (Lipinski definition) is 2. The van der Waals surface area contributed by atoms with E-state index in [4.69, 9.17) is 4.74 Å². The molecular weight excluding hydrogens is 389 g/mol. The summed E-state index contributed by atoms with van der Waals surface area (Å²) in [6.45, 7) is 7.74. The Hall–Kier alpha value is -0.820. The maximum Gasteiger partial charge on any atom is 0.190 e. The van der Waals surface area contributed by atoms with Crippen molar-refractivity contribution in [3.05, 3.63) is 35.9 Å². The van der Waals surface area contributed by atoms with Crippen LogP contribution >= 0.6 is 24.0 Å². The van der Waals surface area contributed by atoms with E-state index in [0.717, 1.165) is 45.1 Å². The van der Waals surface area contributed by atoms with Gasteiger partial charge < -0.3 is 15.4 Å². The van der Waals surface area contributed by atoms with Gasteiger partial charge in [-0.1, -0.05) is 44.2 Å². The van der Waals surface area contributed by atoms with Gasteiger partial charge in [0.15, 0.2) is 5.96 Å². The quantitative estimate of drug-likeness (QED) is 0.280. The summed E-state index contributed by atoms with van der Waals surface area (Å²) in [6.07, 6.45) is 1.96. The molecule has 0 saturated carbocycles. The van der Waals surface area contributed by atoms with Crippen LogP contribution in [0.5, 0.6) is 0 Å². The van der Waals surface area contributed by atoms with Crippen molar-refractivity contribution in [1.82, 2.24) is 10.6 Å². The van der Waals surface area contributed by atoms with E-state index in [1.165, 1.54) is 5.56 Å². The van der Waals surface area contributed by atoms with Crippen LogP contribution in [0.2, 0.25) is 0 Å². The molecule has 1 aromatic rings. The third-order valence-electron chi connectivity index (χ3n) is 3.04. The van der Waals surface area contributed by atoms with Gasteiger partial charge in [0.1, 0.15) is 0 Å². The third kappa shape index (κ3) is 10.8. The molecule has 0 aliphatic rings. The standard InChI is InChI=1S/C17H29N3O.HI/c1-15(2)14-20-17(18-3)19-11-7-12-21-13-10-16-8-5-4-6-9-16;/h4-6,8-9,15H,7,10-14H2,1-3H3,(H2,18,19,20);1H. The summed E-state index contributed by atoms with van der Waals surface area (Å²) in [4.78, 5) is 4.19. The monoisotopic (exact) mass is 419 g/mol. The van der Waals surface area contributed by atoms with E-state index in [9.17, 15) is 0 Å².